The minimum Gasteiger partial charge on any atom is -0.369 e. The summed E-state index contributed by atoms with van der Waals surface area (Å²) in [5, 5.41) is 0.566. The molecule has 1 aromatic heterocycles. The molecule has 0 fully saturated rings. The Hall–Kier alpha value is -1.59. The summed E-state index contributed by atoms with van der Waals surface area (Å²) in [6.45, 7) is 0. The molecule has 0 aliphatic carbocycles. The Morgan fingerprint density at radius 1 is 1.21 bits per heavy atom. The quantitative estimate of drug-likeness (QED) is 0.723. The maximum absolute atomic E-state index is 13.4. The van der Waals surface area contributed by atoms with Crippen molar-refractivity contribution in [1.29, 1.82) is 0 Å². The van der Waals surface area contributed by atoms with Crippen molar-refractivity contribution in [2.75, 3.05) is 5.73 Å². The van der Waals surface area contributed by atoms with Crippen molar-refractivity contribution in [1.82, 2.24) is 9.55 Å². The number of halogens is 3. The maximum Gasteiger partial charge on any atom is 0.205 e. The molecule has 3 rings (SSSR count). The largest absolute Gasteiger partial charge is 0.369 e. The summed E-state index contributed by atoms with van der Waals surface area (Å²) in [4.78, 5) is 4.21. The average molecular weight is 341 g/mol. The van der Waals surface area contributed by atoms with Crippen LogP contribution in [0.2, 0.25) is 5.02 Å². The molecule has 0 bridgehead atoms. The third kappa shape index (κ3) is 2.09. The fraction of sp³-hybridized carbons (Fsp3) is 0. The van der Waals surface area contributed by atoms with Gasteiger partial charge in [-0.15, -0.1) is 0 Å². The molecule has 0 atom stereocenters. The van der Waals surface area contributed by atoms with E-state index in [9.17, 15) is 4.39 Å². The van der Waals surface area contributed by atoms with Gasteiger partial charge in [-0.25, -0.2) is 9.37 Å². The molecule has 0 spiro atoms. The smallest absolute Gasteiger partial charge is 0.205 e. The highest BCUT2D eigenvalue weighted by molar-refractivity contribution is 9.10. The number of nitrogen functional groups attached to an aromatic ring is 1. The minimum atomic E-state index is -0.341. The van der Waals surface area contributed by atoms with Gasteiger partial charge in [0.1, 0.15) is 5.82 Å². The Morgan fingerprint density at radius 2 is 2.00 bits per heavy atom. The zero-order chi connectivity index (χ0) is 13.6. The molecule has 2 N–H and O–H groups in total. The summed E-state index contributed by atoms with van der Waals surface area (Å²) < 4.78 is 15.9. The lowest BCUT2D eigenvalue weighted by Gasteiger charge is -2.09. The number of nitrogens with two attached hydrogens (primary N) is 1. The van der Waals surface area contributed by atoms with Crippen LogP contribution in [-0.4, -0.2) is 9.55 Å². The van der Waals surface area contributed by atoms with Gasteiger partial charge in [-0.2, -0.15) is 0 Å². The minimum absolute atomic E-state index is 0.281. The number of nitrogens with zero attached hydrogens (tertiary/aromatic N) is 2. The van der Waals surface area contributed by atoms with E-state index in [4.69, 9.17) is 17.3 Å². The van der Waals surface area contributed by atoms with Crippen molar-refractivity contribution in [2.45, 2.75) is 0 Å². The summed E-state index contributed by atoms with van der Waals surface area (Å²) in [6, 6.07) is 9.65. The van der Waals surface area contributed by atoms with Gasteiger partial charge in [0.15, 0.2) is 0 Å². The molecule has 3 aromatic rings. The van der Waals surface area contributed by atoms with E-state index in [0.717, 1.165) is 10.2 Å². The molecule has 0 radical (unpaired) electrons. The molecule has 3 nitrogen and oxygen atoms in total. The lowest BCUT2D eigenvalue weighted by molar-refractivity contribution is 0.629. The van der Waals surface area contributed by atoms with Crippen molar-refractivity contribution in [3.05, 3.63) is 51.7 Å². The normalized spacial score (nSPS) is 11.1. The molecule has 19 heavy (non-hydrogen) atoms. The second kappa shape index (κ2) is 4.51. The van der Waals surface area contributed by atoms with Gasteiger partial charge < -0.3 is 5.73 Å². The predicted molar refractivity (Wildman–Crippen MR) is 78.2 cm³/mol. The van der Waals surface area contributed by atoms with Crippen LogP contribution in [0.5, 0.6) is 0 Å². The summed E-state index contributed by atoms with van der Waals surface area (Å²) in [7, 11) is 0. The van der Waals surface area contributed by atoms with Crippen LogP contribution in [0.3, 0.4) is 0 Å². The van der Waals surface area contributed by atoms with Crippen molar-refractivity contribution in [3.63, 3.8) is 0 Å². The highest BCUT2D eigenvalue weighted by Gasteiger charge is 2.13. The van der Waals surface area contributed by atoms with Crippen LogP contribution in [0.1, 0.15) is 0 Å². The molecular weight excluding hydrogens is 333 g/mol. The van der Waals surface area contributed by atoms with E-state index in [1.807, 2.05) is 6.07 Å². The Labute approximate surface area is 121 Å². The van der Waals surface area contributed by atoms with Crippen LogP contribution in [0.15, 0.2) is 40.9 Å². The van der Waals surface area contributed by atoms with E-state index in [1.165, 1.54) is 12.1 Å². The van der Waals surface area contributed by atoms with Gasteiger partial charge in [0.05, 0.1) is 16.7 Å². The molecule has 0 aliphatic rings. The van der Waals surface area contributed by atoms with E-state index in [2.05, 4.69) is 20.9 Å². The Kier molecular flexibility index (Phi) is 2.95. The zero-order valence-corrected chi connectivity index (χ0v) is 11.9. The monoisotopic (exact) mass is 339 g/mol. The fourth-order valence-electron chi connectivity index (χ4n) is 1.98. The molecule has 0 saturated heterocycles. The van der Waals surface area contributed by atoms with Gasteiger partial charge in [-0.05, 0) is 46.3 Å². The number of hydrogen-bond donors (Lipinski definition) is 1. The molecule has 0 unspecified atom stereocenters. The van der Waals surface area contributed by atoms with Crippen molar-refractivity contribution in [2.24, 2.45) is 0 Å². The van der Waals surface area contributed by atoms with Crippen LogP contribution >= 0.6 is 27.5 Å². The first-order chi connectivity index (χ1) is 9.06. The Bertz CT molecular complexity index is 785. The van der Waals surface area contributed by atoms with Crippen LogP contribution in [0.4, 0.5) is 10.3 Å². The van der Waals surface area contributed by atoms with E-state index in [1.54, 1.807) is 22.8 Å². The van der Waals surface area contributed by atoms with E-state index in [0.29, 0.717) is 16.1 Å². The Balaban J connectivity index is 2.38. The van der Waals surface area contributed by atoms with E-state index >= 15 is 0 Å². The van der Waals surface area contributed by atoms with Gasteiger partial charge in [0.2, 0.25) is 5.95 Å². The van der Waals surface area contributed by atoms with Gasteiger partial charge in [-0.1, -0.05) is 11.6 Å². The first-order valence-electron chi connectivity index (χ1n) is 5.45. The molecule has 6 heteroatoms. The van der Waals surface area contributed by atoms with Gasteiger partial charge in [0.25, 0.3) is 0 Å². The molecular formula is C13H8BrClFN3. The summed E-state index contributed by atoms with van der Waals surface area (Å²) in [6.07, 6.45) is 0. The van der Waals surface area contributed by atoms with Crippen molar-refractivity contribution in [3.8, 4) is 5.69 Å². The molecule has 1 heterocycles. The number of rotatable bonds is 1. The first kappa shape index (κ1) is 12.4. The standard InChI is InChI=1S/C13H8BrClFN3/c14-9-3-1-7(15)5-11(9)19-12-6-8(16)2-4-10(12)18-13(19)17/h1-6H,(H2,17,18). The highest BCUT2D eigenvalue weighted by Crippen LogP contribution is 2.30. The Morgan fingerprint density at radius 3 is 2.79 bits per heavy atom. The van der Waals surface area contributed by atoms with Crippen molar-refractivity contribution < 1.29 is 4.39 Å². The molecule has 0 amide bonds. The molecule has 0 saturated carbocycles. The number of hydrogen-bond acceptors (Lipinski definition) is 2. The number of anilines is 1. The highest BCUT2D eigenvalue weighted by atomic mass is 79.9. The van der Waals surface area contributed by atoms with Crippen molar-refractivity contribution >= 4 is 44.5 Å². The van der Waals surface area contributed by atoms with Crippen LogP contribution < -0.4 is 5.73 Å². The second-order valence-electron chi connectivity index (χ2n) is 4.03. The van der Waals surface area contributed by atoms with Gasteiger partial charge >= 0.3 is 0 Å². The topological polar surface area (TPSA) is 43.8 Å². The van der Waals surface area contributed by atoms with E-state index < -0.39 is 0 Å². The van der Waals surface area contributed by atoms with Gasteiger partial charge in [0, 0.05) is 15.6 Å². The summed E-state index contributed by atoms with van der Waals surface area (Å²) >= 11 is 9.43. The number of aromatic nitrogens is 2. The van der Waals surface area contributed by atoms with Gasteiger partial charge in [-0.3, -0.25) is 4.57 Å². The molecule has 0 aliphatic heterocycles. The SMILES string of the molecule is Nc1nc2ccc(F)cc2n1-c1cc(Cl)ccc1Br. The predicted octanol–water partition coefficient (Wildman–Crippen LogP) is 4.16. The average Bonchev–Trinajstić information content (AvgIpc) is 2.68. The molecule has 2 aromatic carbocycles. The fourth-order valence-corrected chi connectivity index (χ4v) is 2.57. The number of benzene rings is 2. The number of fused-ring (bicyclic) bond motifs is 1. The third-order valence-electron chi connectivity index (χ3n) is 2.79. The summed E-state index contributed by atoms with van der Waals surface area (Å²) in [5.74, 6) is -0.0598. The maximum atomic E-state index is 13.4. The lowest BCUT2D eigenvalue weighted by atomic mass is 10.2. The van der Waals surface area contributed by atoms with Crippen LogP contribution in [0.25, 0.3) is 16.7 Å². The zero-order valence-electron chi connectivity index (χ0n) is 9.57. The first-order valence-corrected chi connectivity index (χ1v) is 6.62. The number of imidazole rings is 1. The third-order valence-corrected chi connectivity index (χ3v) is 3.70. The lowest BCUT2D eigenvalue weighted by Crippen LogP contribution is -2.01. The molecule has 96 valence electrons. The van der Waals surface area contributed by atoms with Crippen LogP contribution in [0, 0.1) is 5.82 Å². The summed E-state index contributed by atoms with van der Waals surface area (Å²) in [5.41, 5.74) is 7.87. The van der Waals surface area contributed by atoms with Crippen LogP contribution in [-0.2, 0) is 0 Å². The second-order valence-corrected chi connectivity index (χ2v) is 5.32. The van der Waals surface area contributed by atoms with E-state index in [-0.39, 0.29) is 11.8 Å².